The molecule has 0 fully saturated rings. The molecular weight excluding hydrogens is 587 g/mol. The molecule has 3 aliphatic carbocycles. The average Bonchev–Trinajstić information content (AvgIpc) is 3.69. The van der Waals surface area contributed by atoms with Crippen LogP contribution >= 0.6 is 0 Å². The average molecular weight is 619 g/mol. The number of aryl methyl sites for hydroxylation is 1. The molecule has 11 rings (SSSR count). The van der Waals surface area contributed by atoms with Crippen molar-refractivity contribution in [3.05, 3.63) is 179 Å². The molecule has 0 saturated heterocycles. The molecule has 0 N–H and O–H groups in total. The summed E-state index contributed by atoms with van der Waals surface area (Å²) in [7, 11) is 0. The summed E-state index contributed by atoms with van der Waals surface area (Å²) in [6.45, 7) is 2.25. The summed E-state index contributed by atoms with van der Waals surface area (Å²) in [6.07, 6.45) is 17.7. The number of para-hydroxylation sites is 1. The maximum atomic E-state index is 6.88. The fourth-order valence-electron chi connectivity index (χ4n) is 8.84. The second-order valence-corrected chi connectivity index (χ2v) is 13.4. The molecule has 5 aromatic rings. The third-order valence-electron chi connectivity index (χ3n) is 11.0. The van der Waals surface area contributed by atoms with Crippen LogP contribution in [0.4, 0.5) is 17.1 Å². The summed E-state index contributed by atoms with van der Waals surface area (Å²) in [5.41, 5.74) is 17.4. The van der Waals surface area contributed by atoms with E-state index in [2.05, 4.69) is 161 Å². The van der Waals surface area contributed by atoms with Crippen LogP contribution in [-0.4, -0.2) is 22.8 Å². The molecule has 48 heavy (non-hydrogen) atoms. The van der Waals surface area contributed by atoms with E-state index < -0.39 is 0 Å². The van der Waals surface area contributed by atoms with Crippen molar-refractivity contribution in [2.45, 2.75) is 31.8 Å². The molecule has 2 atom stereocenters. The summed E-state index contributed by atoms with van der Waals surface area (Å²) < 4.78 is 9.41. The Morgan fingerprint density at radius 1 is 0.812 bits per heavy atom. The number of hydrazine groups is 1. The minimum atomic E-state index is 0.0939. The fourth-order valence-corrected chi connectivity index (χ4v) is 8.84. The van der Waals surface area contributed by atoms with E-state index in [0.717, 1.165) is 24.2 Å². The second-order valence-electron chi connectivity index (χ2n) is 13.4. The molecule has 4 nitrogen and oxygen atoms in total. The summed E-state index contributed by atoms with van der Waals surface area (Å²) in [5.74, 6) is 1.01. The molecule has 0 spiro atoms. The zero-order valence-electron chi connectivity index (χ0n) is 26.6. The highest BCUT2D eigenvalue weighted by molar-refractivity contribution is 6.21. The van der Waals surface area contributed by atoms with Crippen LogP contribution in [0, 0.1) is 0 Å². The van der Waals surface area contributed by atoms with Gasteiger partial charge < -0.3 is 4.42 Å². The molecular formula is C44H32N3O+. The molecule has 0 amide bonds. The summed E-state index contributed by atoms with van der Waals surface area (Å²) >= 11 is 0. The first kappa shape index (κ1) is 26.4. The number of hydrogen-bond donors (Lipinski definition) is 0. The first-order valence-corrected chi connectivity index (χ1v) is 17.0. The minimum absolute atomic E-state index is 0.0939. The topological polar surface area (TPSA) is 22.6 Å². The Morgan fingerprint density at radius 2 is 1.62 bits per heavy atom. The van der Waals surface area contributed by atoms with Crippen molar-refractivity contribution in [3.8, 4) is 11.1 Å². The van der Waals surface area contributed by atoms with Gasteiger partial charge in [-0.1, -0.05) is 104 Å². The van der Waals surface area contributed by atoms with Crippen LogP contribution in [-0.2, 0) is 12.8 Å². The summed E-state index contributed by atoms with van der Waals surface area (Å²) in [6, 6.07) is 35.6. The number of rotatable bonds is 3. The molecule has 4 heteroatoms. The number of anilines is 1. The predicted molar refractivity (Wildman–Crippen MR) is 195 cm³/mol. The fraction of sp³-hybridized carbons (Fsp3) is 0.114. The Bertz CT molecular complexity index is 2460. The van der Waals surface area contributed by atoms with Crippen molar-refractivity contribution in [2.75, 3.05) is 5.01 Å². The Morgan fingerprint density at radius 3 is 2.50 bits per heavy atom. The number of furan rings is 1. The molecule has 1 aromatic heterocycles. The van der Waals surface area contributed by atoms with Crippen LogP contribution in [0.15, 0.2) is 166 Å². The van der Waals surface area contributed by atoms with Crippen molar-refractivity contribution in [2.24, 2.45) is 0 Å². The lowest BCUT2D eigenvalue weighted by Crippen LogP contribution is -2.58. The first-order chi connectivity index (χ1) is 23.8. The van der Waals surface area contributed by atoms with Crippen LogP contribution in [0.1, 0.15) is 23.8 Å². The van der Waals surface area contributed by atoms with Crippen LogP contribution in [0.3, 0.4) is 0 Å². The van der Waals surface area contributed by atoms with E-state index >= 15 is 0 Å². The zero-order chi connectivity index (χ0) is 31.5. The van der Waals surface area contributed by atoms with E-state index in [1.165, 1.54) is 78.4 Å². The van der Waals surface area contributed by atoms with E-state index in [0.29, 0.717) is 0 Å². The van der Waals surface area contributed by atoms with Crippen molar-refractivity contribution in [3.63, 3.8) is 0 Å². The van der Waals surface area contributed by atoms with Gasteiger partial charge in [0.1, 0.15) is 22.7 Å². The highest BCUT2D eigenvalue weighted by atomic mass is 16.3. The molecule has 0 radical (unpaired) electrons. The van der Waals surface area contributed by atoms with E-state index in [1.54, 1.807) is 0 Å². The predicted octanol–water partition coefficient (Wildman–Crippen LogP) is 9.63. The maximum Gasteiger partial charge on any atom is 0.236 e. The third-order valence-corrected chi connectivity index (χ3v) is 11.0. The van der Waals surface area contributed by atoms with Crippen LogP contribution < -0.4 is 9.58 Å². The number of fused-ring (bicyclic) bond motifs is 10. The highest BCUT2D eigenvalue weighted by Crippen LogP contribution is 2.57. The molecule has 3 aliphatic heterocycles. The van der Waals surface area contributed by atoms with Crippen LogP contribution in [0.5, 0.6) is 0 Å². The third kappa shape index (κ3) is 3.40. The molecule has 0 bridgehead atoms. The van der Waals surface area contributed by atoms with Gasteiger partial charge in [0.2, 0.25) is 17.1 Å². The standard InChI is InChI=1S/C44H32N3O/c1-2-27-19-24-37-38(25-27)47-43-39(45(37)30-22-20-29(21-23-30)28-11-4-3-5-12-28)26-35-32-14-7-9-18-40(32)48-44(35)41(43)34-16-10-15-33-31-13-6-8-17-36(31)46(47)42(33)34/h3-25,36,42H,2,26H2,1H3/q+1. The molecule has 6 aliphatic rings. The number of benzene rings is 4. The van der Waals surface area contributed by atoms with Gasteiger partial charge in [-0.15, -0.1) is 0 Å². The van der Waals surface area contributed by atoms with Gasteiger partial charge in [-0.05, 0) is 64.1 Å². The monoisotopic (exact) mass is 618 g/mol. The van der Waals surface area contributed by atoms with Gasteiger partial charge >= 0.3 is 0 Å². The molecule has 228 valence electrons. The highest BCUT2D eigenvalue weighted by Gasteiger charge is 2.56. The van der Waals surface area contributed by atoms with Gasteiger partial charge in [-0.3, -0.25) is 5.01 Å². The van der Waals surface area contributed by atoms with Gasteiger partial charge in [0, 0.05) is 29.1 Å². The maximum absolute atomic E-state index is 6.88. The first-order valence-electron chi connectivity index (χ1n) is 17.0. The van der Waals surface area contributed by atoms with Crippen LogP contribution in [0.25, 0.3) is 27.7 Å². The SMILES string of the molecule is CCc1ccc2c(c1)N1C3=C(C4=CC=CC5=C6C=CC=CC6N1C45)c1oc4ccccc4c1CC3=[N+]2c1ccc(-c2ccccc2)cc1. The van der Waals surface area contributed by atoms with Gasteiger partial charge in [0.15, 0.2) is 0 Å². The molecule has 2 unspecified atom stereocenters. The van der Waals surface area contributed by atoms with Gasteiger partial charge in [0.25, 0.3) is 0 Å². The van der Waals surface area contributed by atoms with E-state index in [4.69, 9.17) is 4.42 Å². The lowest BCUT2D eigenvalue weighted by atomic mass is 9.78. The van der Waals surface area contributed by atoms with E-state index in [9.17, 15) is 0 Å². The van der Waals surface area contributed by atoms with Crippen molar-refractivity contribution in [1.29, 1.82) is 0 Å². The minimum Gasteiger partial charge on any atom is -0.456 e. The lowest BCUT2D eigenvalue weighted by molar-refractivity contribution is 0.240. The largest absolute Gasteiger partial charge is 0.456 e. The van der Waals surface area contributed by atoms with E-state index in [1.807, 2.05) is 0 Å². The molecule has 4 aromatic carbocycles. The number of nitrogens with zero attached hydrogens (tertiary/aromatic N) is 3. The summed E-state index contributed by atoms with van der Waals surface area (Å²) in [4.78, 5) is 0. The quantitative estimate of drug-likeness (QED) is 0.188. The molecule has 4 heterocycles. The van der Waals surface area contributed by atoms with Crippen LogP contribution in [0.2, 0.25) is 0 Å². The zero-order valence-corrected chi connectivity index (χ0v) is 26.6. The Labute approximate surface area is 279 Å². The second kappa shape index (κ2) is 9.66. The Hall–Kier alpha value is -5.71. The lowest BCUT2D eigenvalue weighted by Gasteiger charge is -2.50. The van der Waals surface area contributed by atoms with Gasteiger partial charge in [-0.2, -0.15) is 9.58 Å². The van der Waals surface area contributed by atoms with Crippen molar-refractivity contribution >= 4 is 39.3 Å². The summed E-state index contributed by atoms with van der Waals surface area (Å²) in [5, 5.41) is 6.41. The van der Waals surface area contributed by atoms with E-state index in [-0.39, 0.29) is 12.1 Å². The Balaban J connectivity index is 1.24. The van der Waals surface area contributed by atoms with Gasteiger partial charge in [0.05, 0.1) is 24.1 Å². The number of hydrogen-bond acceptors (Lipinski definition) is 3. The smallest absolute Gasteiger partial charge is 0.236 e. The normalized spacial score (nSPS) is 21.4. The van der Waals surface area contributed by atoms with Crippen molar-refractivity contribution in [1.82, 2.24) is 9.58 Å². The number of allylic oxidation sites excluding steroid dienone is 5. The Kier molecular flexibility index (Phi) is 5.31. The van der Waals surface area contributed by atoms with Gasteiger partial charge in [-0.25, -0.2) is 0 Å². The molecule has 0 saturated carbocycles. The van der Waals surface area contributed by atoms with Crippen molar-refractivity contribution < 1.29 is 4.42 Å².